The number of hydrogen-bond acceptors (Lipinski definition) is 7. The molecular formula is C22H15Br2N3O6. The summed E-state index contributed by atoms with van der Waals surface area (Å²) in [6, 6.07) is 17.7. The standard InChI is InChI=1S/C22H15Br2N3O6/c23-15-7-10-20(19(11-15)27(30)31)32-13-21(28)26-25-12-14-5-8-16(9-6-14)33-22(29)17-3-1-2-4-18(17)24/h1-12H,13H2,(H,26,28)/b25-12+. The number of hydrogen-bond donors (Lipinski definition) is 1. The van der Waals surface area contributed by atoms with E-state index in [1.54, 1.807) is 54.6 Å². The zero-order valence-corrected chi connectivity index (χ0v) is 19.9. The number of amides is 1. The van der Waals surface area contributed by atoms with Crippen molar-refractivity contribution in [2.75, 3.05) is 6.61 Å². The van der Waals surface area contributed by atoms with E-state index in [-0.39, 0.29) is 11.4 Å². The summed E-state index contributed by atoms with van der Waals surface area (Å²) >= 11 is 6.45. The molecule has 0 spiro atoms. The maximum atomic E-state index is 12.2. The van der Waals surface area contributed by atoms with Gasteiger partial charge in [-0.2, -0.15) is 5.10 Å². The van der Waals surface area contributed by atoms with Gasteiger partial charge in [-0.1, -0.05) is 28.1 Å². The molecule has 0 heterocycles. The number of halogens is 2. The van der Waals surface area contributed by atoms with Crippen LogP contribution in [0.4, 0.5) is 5.69 Å². The smallest absolute Gasteiger partial charge is 0.344 e. The van der Waals surface area contributed by atoms with E-state index in [0.29, 0.717) is 25.8 Å². The van der Waals surface area contributed by atoms with Crippen molar-refractivity contribution < 1.29 is 24.0 Å². The second-order valence-corrected chi connectivity index (χ2v) is 8.16. The molecule has 0 aliphatic rings. The van der Waals surface area contributed by atoms with Crippen LogP contribution in [0.25, 0.3) is 0 Å². The van der Waals surface area contributed by atoms with Crippen molar-refractivity contribution in [2.45, 2.75) is 0 Å². The highest BCUT2D eigenvalue weighted by Crippen LogP contribution is 2.30. The van der Waals surface area contributed by atoms with Crippen molar-refractivity contribution in [1.29, 1.82) is 0 Å². The molecule has 0 aromatic heterocycles. The van der Waals surface area contributed by atoms with Gasteiger partial charge in [0.25, 0.3) is 5.91 Å². The summed E-state index contributed by atoms with van der Waals surface area (Å²) in [7, 11) is 0. The molecule has 1 N–H and O–H groups in total. The molecule has 33 heavy (non-hydrogen) atoms. The third kappa shape index (κ3) is 6.96. The average Bonchev–Trinajstić information content (AvgIpc) is 2.79. The largest absolute Gasteiger partial charge is 0.477 e. The van der Waals surface area contributed by atoms with E-state index in [9.17, 15) is 19.7 Å². The van der Waals surface area contributed by atoms with Crippen molar-refractivity contribution in [3.63, 3.8) is 0 Å². The van der Waals surface area contributed by atoms with Gasteiger partial charge in [0, 0.05) is 15.0 Å². The number of benzene rings is 3. The predicted molar refractivity (Wildman–Crippen MR) is 128 cm³/mol. The summed E-state index contributed by atoms with van der Waals surface area (Å²) < 4.78 is 11.7. The summed E-state index contributed by atoms with van der Waals surface area (Å²) in [5.41, 5.74) is 3.05. The molecule has 3 rings (SSSR count). The van der Waals surface area contributed by atoms with Gasteiger partial charge < -0.3 is 9.47 Å². The molecule has 0 radical (unpaired) electrons. The minimum atomic E-state index is -0.601. The summed E-state index contributed by atoms with van der Waals surface area (Å²) in [4.78, 5) is 34.6. The first-order valence-electron chi connectivity index (χ1n) is 9.29. The lowest BCUT2D eigenvalue weighted by molar-refractivity contribution is -0.385. The number of nitrogens with one attached hydrogen (secondary N) is 1. The van der Waals surface area contributed by atoms with Crippen molar-refractivity contribution >= 4 is 55.6 Å². The molecule has 0 aliphatic heterocycles. The van der Waals surface area contributed by atoms with E-state index in [1.807, 2.05) is 0 Å². The minimum Gasteiger partial charge on any atom is -0.477 e. The van der Waals surface area contributed by atoms with Gasteiger partial charge in [-0.3, -0.25) is 14.9 Å². The number of carbonyl (C=O) groups excluding carboxylic acids is 2. The van der Waals surface area contributed by atoms with Gasteiger partial charge in [0.2, 0.25) is 0 Å². The molecule has 1 amide bonds. The van der Waals surface area contributed by atoms with Crippen LogP contribution in [0.1, 0.15) is 15.9 Å². The predicted octanol–water partition coefficient (Wildman–Crippen LogP) is 4.87. The van der Waals surface area contributed by atoms with E-state index in [1.165, 1.54) is 18.3 Å². The Bertz CT molecular complexity index is 1220. The van der Waals surface area contributed by atoms with Crippen molar-refractivity contribution in [3.05, 3.63) is 96.9 Å². The zero-order valence-electron chi connectivity index (χ0n) is 16.7. The number of nitro groups is 1. The second kappa shape index (κ2) is 11.3. The van der Waals surface area contributed by atoms with Crippen molar-refractivity contribution in [1.82, 2.24) is 5.43 Å². The van der Waals surface area contributed by atoms with Crippen LogP contribution < -0.4 is 14.9 Å². The molecule has 0 unspecified atom stereocenters. The highest BCUT2D eigenvalue weighted by atomic mass is 79.9. The molecular weight excluding hydrogens is 562 g/mol. The number of esters is 1. The molecule has 0 fully saturated rings. The normalized spacial score (nSPS) is 10.6. The van der Waals surface area contributed by atoms with Crippen molar-refractivity contribution in [2.24, 2.45) is 5.10 Å². The topological polar surface area (TPSA) is 120 Å². The molecule has 0 bridgehead atoms. The number of hydrazone groups is 1. The number of nitrogens with zero attached hydrogens (tertiary/aromatic N) is 2. The maximum Gasteiger partial charge on any atom is 0.344 e. The molecule has 11 heteroatoms. The summed E-state index contributed by atoms with van der Waals surface area (Å²) in [6.07, 6.45) is 1.39. The highest BCUT2D eigenvalue weighted by molar-refractivity contribution is 9.10. The van der Waals surface area contributed by atoms with Crippen LogP contribution in [0.5, 0.6) is 11.5 Å². The Morgan fingerprint density at radius 1 is 1.06 bits per heavy atom. The zero-order chi connectivity index (χ0) is 23.8. The summed E-state index contributed by atoms with van der Waals surface area (Å²) in [6.45, 7) is -0.455. The lowest BCUT2D eigenvalue weighted by Gasteiger charge is -2.06. The fourth-order valence-electron chi connectivity index (χ4n) is 2.52. The summed E-state index contributed by atoms with van der Waals surface area (Å²) in [5, 5.41) is 14.9. The number of ether oxygens (including phenoxy) is 2. The minimum absolute atomic E-state index is 0.0324. The second-order valence-electron chi connectivity index (χ2n) is 6.39. The molecule has 168 valence electrons. The van der Waals surface area contributed by atoms with Gasteiger partial charge >= 0.3 is 11.7 Å². The van der Waals surface area contributed by atoms with Gasteiger partial charge in [0.05, 0.1) is 16.7 Å². The van der Waals surface area contributed by atoms with E-state index in [2.05, 4.69) is 42.4 Å². The van der Waals surface area contributed by atoms with E-state index in [0.717, 1.165) is 0 Å². The Kier molecular flexibility index (Phi) is 8.28. The van der Waals surface area contributed by atoms with Crippen LogP contribution in [0.2, 0.25) is 0 Å². The van der Waals surface area contributed by atoms with Gasteiger partial charge in [0.1, 0.15) is 5.75 Å². The first-order chi connectivity index (χ1) is 15.8. The molecule has 0 saturated heterocycles. The Morgan fingerprint density at radius 3 is 2.48 bits per heavy atom. The number of rotatable bonds is 8. The quantitative estimate of drug-likeness (QED) is 0.134. The van der Waals surface area contributed by atoms with Crippen LogP contribution in [0.3, 0.4) is 0 Å². The number of nitro benzene ring substituents is 1. The molecule has 0 saturated carbocycles. The molecule has 0 aliphatic carbocycles. The Hall–Kier alpha value is -3.57. The van der Waals surface area contributed by atoms with Crippen LogP contribution >= 0.6 is 31.9 Å². The third-order valence-corrected chi connectivity index (χ3v) is 5.25. The van der Waals surface area contributed by atoms with Crippen LogP contribution in [0.15, 0.2) is 80.8 Å². The summed E-state index contributed by atoms with van der Waals surface area (Å²) in [5.74, 6) is -0.777. The first-order valence-corrected chi connectivity index (χ1v) is 10.9. The maximum absolute atomic E-state index is 12.2. The first kappa shape index (κ1) is 24.1. The monoisotopic (exact) mass is 575 g/mol. The highest BCUT2D eigenvalue weighted by Gasteiger charge is 2.16. The Labute approximate surface area is 204 Å². The van der Waals surface area contributed by atoms with Crippen LogP contribution in [-0.2, 0) is 4.79 Å². The Morgan fingerprint density at radius 2 is 1.79 bits per heavy atom. The van der Waals surface area contributed by atoms with Gasteiger partial charge in [-0.15, -0.1) is 0 Å². The number of carbonyl (C=O) groups is 2. The van der Waals surface area contributed by atoms with Gasteiger partial charge in [-0.05, 0) is 70.0 Å². The van der Waals surface area contributed by atoms with E-state index in [4.69, 9.17) is 9.47 Å². The SMILES string of the molecule is O=C(COc1ccc(Br)cc1[N+](=O)[O-])N/N=C/c1ccc(OC(=O)c2ccccc2Br)cc1. The van der Waals surface area contributed by atoms with Crippen LogP contribution in [0, 0.1) is 10.1 Å². The molecule has 3 aromatic carbocycles. The van der Waals surface area contributed by atoms with Gasteiger partial charge in [-0.25, -0.2) is 10.2 Å². The molecule has 3 aromatic rings. The fraction of sp³-hybridized carbons (Fsp3) is 0.0455. The molecule has 0 atom stereocenters. The van der Waals surface area contributed by atoms with E-state index < -0.39 is 23.4 Å². The third-order valence-electron chi connectivity index (χ3n) is 4.06. The lowest BCUT2D eigenvalue weighted by atomic mass is 10.2. The van der Waals surface area contributed by atoms with Crippen LogP contribution in [-0.4, -0.2) is 29.6 Å². The van der Waals surface area contributed by atoms with Crippen molar-refractivity contribution in [3.8, 4) is 11.5 Å². The Balaban J connectivity index is 1.50. The fourth-order valence-corrected chi connectivity index (χ4v) is 3.32. The van der Waals surface area contributed by atoms with E-state index >= 15 is 0 Å². The lowest BCUT2D eigenvalue weighted by Crippen LogP contribution is -2.24. The average molecular weight is 577 g/mol. The van der Waals surface area contributed by atoms with Gasteiger partial charge in [0.15, 0.2) is 12.4 Å². The molecule has 9 nitrogen and oxygen atoms in total.